The van der Waals surface area contributed by atoms with Crippen LogP contribution in [-0.4, -0.2) is 43.5 Å². The molecule has 0 spiro atoms. The highest BCUT2D eigenvalue weighted by Gasteiger charge is 2.32. The van der Waals surface area contributed by atoms with Gasteiger partial charge in [-0.05, 0) is 37.5 Å². The molecule has 2 unspecified atom stereocenters. The minimum Gasteiger partial charge on any atom is -0.381 e. The van der Waals surface area contributed by atoms with E-state index in [2.05, 4.69) is 18.7 Å². The molecule has 0 aromatic carbocycles. The van der Waals surface area contributed by atoms with Crippen LogP contribution < -0.4 is 0 Å². The normalized spacial score (nSPS) is 31.1. The summed E-state index contributed by atoms with van der Waals surface area (Å²) in [5, 5.41) is 0. The molecule has 0 aromatic heterocycles. The molecule has 0 N–H and O–H groups in total. The minimum atomic E-state index is 0.292. The number of piperidine rings is 1. The summed E-state index contributed by atoms with van der Waals surface area (Å²) in [6.07, 6.45) is 5.69. The topological polar surface area (TPSA) is 29.5 Å². The summed E-state index contributed by atoms with van der Waals surface area (Å²) in [4.78, 5) is 14.6. The van der Waals surface area contributed by atoms with Crippen molar-refractivity contribution in [2.24, 2.45) is 17.8 Å². The highest BCUT2D eigenvalue weighted by molar-refractivity contribution is 5.82. The van der Waals surface area contributed by atoms with Gasteiger partial charge in [0.2, 0.25) is 0 Å². The average molecular weight is 267 g/mol. The van der Waals surface area contributed by atoms with Gasteiger partial charge in [-0.2, -0.15) is 0 Å². The van der Waals surface area contributed by atoms with E-state index < -0.39 is 0 Å². The summed E-state index contributed by atoms with van der Waals surface area (Å²) in [6, 6.07) is 0. The first-order valence-corrected chi connectivity index (χ1v) is 7.88. The van der Waals surface area contributed by atoms with Crippen LogP contribution in [0.3, 0.4) is 0 Å². The molecule has 1 saturated carbocycles. The quantitative estimate of drug-likeness (QED) is 0.784. The van der Waals surface area contributed by atoms with Crippen molar-refractivity contribution in [3.05, 3.63) is 0 Å². The number of carbonyl (C=O) groups excluding carboxylic acids is 1. The molecule has 19 heavy (non-hydrogen) atoms. The number of likely N-dealkylation sites (tertiary alicyclic amines) is 1. The van der Waals surface area contributed by atoms with Gasteiger partial charge in [-0.1, -0.05) is 13.8 Å². The second-order valence-corrected chi connectivity index (χ2v) is 6.68. The zero-order valence-electron chi connectivity index (χ0n) is 12.7. The van der Waals surface area contributed by atoms with Gasteiger partial charge in [0.15, 0.2) is 0 Å². The van der Waals surface area contributed by atoms with Crippen LogP contribution in [0.2, 0.25) is 0 Å². The lowest BCUT2D eigenvalue weighted by molar-refractivity contribution is -0.127. The Morgan fingerprint density at radius 1 is 1.26 bits per heavy atom. The fourth-order valence-electron chi connectivity index (χ4n) is 3.57. The Balaban J connectivity index is 1.82. The number of nitrogens with zero attached hydrogens (tertiary/aromatic N) is 1. The smallest absolute Gasteiger partial charge is 0.137 e. The second kappa shape index (κ2) is 6.85. The van der Waals surface area contributed by atoms with E-state index in [1.807, 2.05) is 0 Å². The van der Waals surface area contributed by atoms with Crippen LogP contribution in [0, 0.1) is 17.8 Å². The fraction of sp³-hybridized carbons (Fsp3) is 0.938. The van der Waals surface area contributed by atoms with E-state index in [1.165, 1.54) is 0 Å². The molecule has 2 rings (SSSR count). The standard InChI is InChI=1S/C16H29NO2/c1-12(2)13-4-5-16(18)14(10-13)11-17-8-6-15(19-3)7-9-17/h12-15H,4-11H2,1-3H3. The lowest BCUT2D eigenvalue weighted by Crippen LogP contribution is -2.42. The first-order valence-electron chi connectivity index (χ1n) is 7.88. The Kier molecular flexibility index (Phi) is 5.40. The summed E-state index contributed by atoms with van der Waals surface area (Å²) >= 11 is 0. The van der Waals surface area contributed by atoms with Crippen molar-refractivity contribution in [3.63, 3.8) is 0 Å². The van der Waals surface area contributed by atoms with Crippen LogP contribution >= 0.6 is 0 Å². The number of ether oxygens (including phenoxy) is 1. The Morgan fingerprint density at radius 2 is 1.95 bits per heavy atom. The number of Topliss-reactive ketones (excluding diaryl/α,β-unsaturated/α-hetero) is 1. The van der Waals surface area contributed by atoms with Crippen molar-refractivity contribution in [2.75, 3.05) is 26.7 Å². The maximum atomic E-state index is 12.1. The fourth-order valence-corrected chi connectivity index (χ4v) is 3.57. The van der Waals surface area contributed by atoms with Gasteiger partial charge in [-0.3, -0.25) is 4.79 Å². The van der Waals surface area contributed by atoms with Gasteiger partial charge < -0.3 is 9.64 Å². The van der Waals surface area contributed by atoms with Crippen LogP contribution in [-0.2, 0) is 9.53 Å². The molecular formula is C16H29NO2. The van der Waals surface area contributed by atoms with Crippen molar-refractivity contribution < 1.29 is 9.53 Å². The largest absolute Gasteiger partial charge is 0.381 e. The Bertz CT molecular complexity index is 295. The first kappa shape index (κ1) is 15.0. The third kappa shape index (κ3) is 4.03. The molecule has 3 heteroatoms. The summed E-state index contributed by atoms with van der Waals surface area (Å²) in [5.41, 5.74) is 0. The Morgan fingerprint density at radius 3 is 2.53 bits per heavy atom. The molecule has 110 valence electrons. The van der Waals surface area contributed by atoms with Gasteiger partial charge in [-0.15, -0.1) is 0 Å². The molecular weight excluding hydrogens is 238 g/mol. The molecule has 1 heterocycles. The number of hydrogen-bond acceptors (Lipinski definition) is 3. The van der Waals surface area contributed by atoms with Crippen molar-refractivity contribution >= 4 is 5.78 Å². The molecule has 1 aliphatic heterocycles. The summed E-state index contributed by atoms with van der Waals surface area (Å²) in [5.74, 6) is 2.26. The van der Waals surface area contributed by atoms with Crippen molar-refractivity contribution in [3.8, 4) is 0 Å². The molecule has 0 aromatic rings. The summed E-state index contributed by atoms with van der Waals surface area (Å²) in [7, 11) is 1.80. The lowest BCUT2D eigenvalue weighted by Gasteiger charge is -2.36. The van der Waals surface area contributed by atoms with Crippen LogP contribution in [0.5, 0.6) is 0 Å². The molecule has 1 aliphatic carbocycles. The molecule has 0 radical (unpaired) electrons. The van der Waals surface area contributed by atoms with Gasteiger partial charge in [0.1, 0.15) is 5.78 Å². The molecule has 0 bridgehead atoms. The number of methoxy groups -OCH3 is 1. The summed E-state index contributed by atoms with van der Waals surface area (Å²) < 4.78 is 5.41. The molecule has 1 saturated heterocycles. The maximum absolute atomic E-state index is 12.1. The predicted molar refractivity (Wildman–Crippen MR) is 77.1 cm³/mol. The van der Waals surface area contributed by atoms with Gasteiger partial charge >= 0.3 is 0 Å². The van der Waals surface area contributed by atoms with Crippen LogP contribution in [0.15, 0.2) is 0 Å². The minimum absolute atomic E-state index is 0.292. The highest BCUT2D eigenvalue weighted by Crippen LogP contribution is 2.32. The number of rotatable bonds is 4. The number of ketones is 1. The highest BCUT2D eigenvalue weighted by atomic mass is 16.5. The van der Waals surface area contributed by atoms with Crippen LogP contribution in [0.1, 0.15) is 46.0 Å². The van der Waals surface area contributed by atoms with Crippen molar-refractivity contribution in [2.45, 2.75) is 52.1 Å². The van der Waals surface area contributed by atoms with E-state index in [4.69, 9.17) is 4.74 Å². The molecule has 2 fully saturated rings. The monoisotopic (exact) mass is 267 g/mol. The van der Waals surface area contributed by atoms with Crippen LogP contribution in [0.25, 0.3) is 0 Å². The lowest BCUT2D eigenvalue weighted by atomic mass is 9.75. The Labute approximate surface area is 117 Å². The maximum Gasteiger partial charge on any atom is 0.137 e. The summed E-state index contributed by atoms with van der Waals surface area (Å²) in [6.45, 7) is 7.75. The van der Waals surface area contributed by atoms with E-state index in [9.17, 15) is 4.79 Å². The SMILES string of the molecule is COC1CCN(CC2CC(C(C)C)CCC2=O)CC1. The third-order valence-electron chi connectivity index (χ3n) is 5.09. The predicted octanol–water partition coefficient (Wildman–Crippen LogP) is 2.74. The second-order valence-electron chi connectivity index (χ2n) is 6.68. The van der Waals surface area contributed by atoms with E-state index in [0.29, 0.717) is 17.8 Å². The van der Waals surface area contributed by atoms with Crippen molar-refractivity contribution in [1.29, 1.82) is 0 Å². The molecule has 3 nitrogen and oxygen atoms in total. The van der Waals surface area contributed by atoms with E-state index in [-0.39, 0.29) is 0 Å². The van der Waals surface area contributed by atoms with E-state index in [1.54, 1.807) is 7.11 Å². The zero-order valence-corrected chi connectivity index (χ0v) is 12.7. The van der Waals surface area contributed by atoms with E-state index >= 15 is 0 Å². The van der Waals surface area contributed by atoms with Gasteiger partial charge in [0.05, 0.1) is 6.10 Å². The molecule has 2 aliphatic rings. The number of carbonyl (C=O) groups is 1. The van der Waals surface area contributed by atoms with Crippen molar-refractivity contribution in [1.82, 2.24) is 4.90 Å². The molecule has 2 atom stereocenters. The number of hydrogen-bond donors (Lipinski definition) is 0. The van der Waals surface area contributed by atoms with E-state index in [0.717, 1.165) is 63.6 Å². The first-order chi connectivity index (χ1) is 9.10. The third-order valence-corrected chi connectivity index (χ3v) is 5.09. The van der Waals surface area contributed by atoms with Gasteiger partial charge in [-0.25, -0.2) is 0 Å². The zero-order chi connectivity index (χ0) is 13.8. The molecule has 0 amide bonds. The Hall–Kier alpha value is -0.410. The van der Waals surface area contributed by atoms with Crippen LogP contribution in [0.4, 0.5) is 0 Å². The van der Waals surface area contributed by atoms with Gasteiger partial charge in [0.25, 0.3) is 0 Å². The average Bonchev–Trinajstić information content (AvgIpc) is 2.42. The van der Waals surface area contributed by atoms with Gasteiger partial charge in [0, 0.05) is 39.1 Å².